The lowest BCUT2D eigenvalue weighted by molar-refractivity contribution is -0.0121. The average molecular weight is 363 g/mol. The van der Waals surface area contributed by atoms with Crippen LogP contribution < -0.4 is 4.74 Å². The number of nitrogens with zero attached hydrogens (tertiary/aromatic N) is 1. The fraction of sp³-hybridized carbons (Fsp3) is 0.333. The van der Waals surface area contributed by atoms with Crippen molar-refractivity contribution in [2.75, 3.05) is 19.1 Å². The van der Waals surface area contributed by atoms with Crippen LogP contribution in [-0.2, 0) is 16.4 Å². The van der Waals surface area contributed by atoms with Crippen LogP contribution in [-0.4, -0.2) is 42.6 Å². The second-order valence-corrected chi connectivity index (χ2v) is 8.47. The molecule has 0 aromatic heterocycles. The molecule has 2 N–H and O–H groups in total. The van der Waals surface area contributed by atoms with E-state index in [4.69, 9.17) is 4.74 Å². The highest BCUT2D eigenvalue weighted by molar-refractivity contribution is 7.90. The molecule has 0 radical (unpaired) electrons. The van der Waals surface area contributed by atoms with Gasteiger partial charge in [0.25, 0.3) is 0 Å². The van der Waals surface area contributed by atoms with Crippen LogP contribution in [0.2, 0.25) is 0 Å². The third-order valence-electron chi connectivity index (χ3n) is 4.45. The quantitative estimate of drug-likeness (QED) is 0.845. The Hall–Kier alpha value is -2.09. The zero-order chi connectivity index (χ0) is 18.2. The number of hydrogen-bond donors (Lipinski definition) is 2. The Labute approximate surface area is 147 Å². The molecule has 0 saturated carbocycles. The van der Waals surface area contributed by atoms with Gasteiger partial charge in [-0.15, -0.1) is 0 Å². The first-order chi connectivity index (χ1) is 11.8. The van der Waals surface area contributed by atoms with Crippen LogP contribution in [0, 0.1) is 0 Å². The molecule has 3 rings (SSSR count). The molecule has 0 aliphatic carbocycles. The first kappa shape index (κ1) is 17.7. The summed E-state index contributed by atoms with van der Waals surface area (Å²) < 4.78 is 29.0. The number of phenols is 1. The molecule has 7 heteroatoms. The van der Waals surface area contributed by atoms with E-state index in [1.54, 1.807) is 17.0 Å². The maximum absolute atomic E-state index is 12.0. The molecule has 0 spiro atoms. The van der Waals surface area contributed by atoms with Gasteiger partial charge in [0.1, 0.15) is 16.1 Å². The van der Waals surface area contributed by atoms with Crippen molar-refractivity contribution in [2.45, 2.75) is 18.8 Å². The van der Waals surface area contributed by atoms with Crippen molar-refractivity contribution in [3.8, 4) is 11.5 Å². The van der Waals surface area contributed by atoms with Crippen molar-refractivity contribution in [3.63, 3.8) is 0 Å². The molecule has 0 bridgehead atoms. The molecule has 0 amide bonds. The number of rotatable bonds is 5. The number of methoxy groups -OCH3 is 1. The van der Waals surface area contributed by atoms with Crippen LogP contribution >= 0.6 is 0 Å². The molecule has 25 heavy (non-hydrogen) atoms. The third kappa shape index (κ3) is 3.63. The van der Waals surface area contributed by atoms with Crippen LogP contribution in [0.3, 0.4) is 0 Å². The third-order valence-corrected chi connectivity index (χ3v) is 5.37. The molecular formula is C18H21NO5S. The summed E-state index contributed by atoms with van der Waals surface area (Å²) in [6.07, 6.45) is 0.270. The Bertz CT molecular complexity index is 881. The van der Waals surface area contributed by atoms with E-state index in [0.29, 0.717) is 17.9 Å². The summed E-state index contributed by atoms with van der Waals surface area (Å²) in [7, 11) is -1.87. The highest BCUT2D eigenvalue weighted by Gasteiger charge is 2.36. The van der Waals surface area contributed by atoms with Gasteiger partial charge in [-0.2, -0.15) is 0 Å². The molecule has 2 unspecified atom stereocenters. The van der Waals surface area contributed by atoms with Gasteiger partial charge in [-0.25, -0.2) is 8.42 Å². The predicted molar refractivity (Wildman–Crippen MR) is 94.1 cm³/mol. The fourth-order valence-corrected chi connectivity index (χ4v) is 4.21. The number of hydrogen-bond acceptors (Lipinski definition) is 6. The minimum Gasteiger partial charge on any atom is -0.504 e. The zero-order valence-corrected chi connectivity index (χ0v) is 14.9. The van der Waals surface area contributed by atoms with Gasteiger partial charge in [-0.3, -0.25) is 4.90 Å². The zero-order valence-electron chi connectivity index (χ0n) is 14.1. The van der Waals surface area contributed by atoms with E-state index in [-0.39, 0.29) is 11.5 Å². The second kappa shape index (κ2) is 6.67. The molecule has 2 atom stereocenters. The number of aromatic hydroxyl groups is 1. The molecular weight excluding hydrogens is 342 g/mol. The van der Waals surface area contributed by atoms with E-state index in [9.17, 15) is 18.6 Å². The van der Waals surface area contributed by atoms with E-state index in [1.165, 1.54) is 19.4 Å². The normalized spacial score (nSPS) is 18.8. The van der Waals surface area contributed by atoms with Crippen molar-refractivity contribution in [1.29, 1.82) is 0 Å². The monoisotopic (exact) mass is 363 g/mol. The summed E-state index contributed by atoms with van der Waals surface area (Å²) >= 11 is 0. The Kier molecular flexibility index (Phi) is 4.73. The van der Waals surface area contributed by atoms with Gasteiger partial charge < -0.3 is 14.9 Å². The first-order valence-corrected chi connectivity index (χ1v) is 9.92. The molecule has 134 valence electrons. The van der Waals surface area contributed by atoms with Gasteiger partial charge in [-0.05, 0) is 28.8 Å². The molecule has 1 aliphatic heterocycles. The lowest BCUT2D eigenvalue weighted by Crippen LogP contribution is -2.32. The number of benzene rings is 2. The Morgan fingerprint density at radius 2 is 2.00 bits per heavy atom. The molecule has 1 aliphatic rings. The van der Waals surface area contributed by atoms with Gasteiger partial charge in [0, 0.05) is 12.8 Å². The predicted octanol–water partition coefficient (Wildman–Crippen LogP) is 1.99. The summed E-state index contributed by atoms with van der Waals surface area (Å²) in [6, 6.07) is 11.7. The van der Waals surface area contributed by atoms with E-state index >= 15 is 0 Å². The second-order valence-electron chi connectivity index (χ2n) is 6.28. The molecule has 6 nitrogen and oxygen atoms in total. The Morgan fingerprint density at radius 3 is 2.60 bits per heavy atom. The molecule has 1 heterocycles. The smallest absolute Gasteiger partial charge is 0.160 e. The van der Waals surface area contributed by atoms with Crippen molar-refractivity contribution < 1.29 is 23.4 Å². The minimum absolute atomic E-state index is 0.0651. The number of ether oxygens (including phenoxy) is 1. The van der Waals surface area contributed by atoms with Crippen molar-refractivity contribution >= 4 is 9.84 Å². The maximum atomic E-state index is 12.0. The van der Waals surface area contributed by atoms with Crippen LogP contribution in [0.15, 0.2) is 42.5 Å². The summed E-state index contributed by atoms with van der Waals surface area (Å²) in [5.74, 6) is 0.0842. The van der Waals surface area contributed by atoms with Crippen molar-refractivity contribution in [2.24, 2.45) is 0 Å². The fourth-order valence-electron chi connectivity index (χ4n) is 3.26. The summed E-state index contributed by atoms with van der Waals surface area (Å²) in [5, 5.41) is 20.7. The summed E-state index contributed by atoms with van der Waals surface area (Å²) in [6.45, 7) is 0.435. The van der Waals surface area contributed by atoms with Crippen LogP contribution in [0.25, 0.3) is 0 Å². The Morgan fingerprint density at radius 1 is 1.28 bits per heavy atom. The SMILES string of the molecule is COc1ccc(C(CS(C)(=O)=O)N2Cc3ccccc3C2O)cc1O. The molecule has 0 fully saturated rings. The topological polar surface area (TPSA) is 87.1 Å². The highest BCUT2D eigenvalue weighted by atomic mass is 32.2. The average Bonchev–Trinajstić information content (AvgIpc) is 2.89. The standard InChI is InChI=1S/C18H21NO5S/c1-24-17-8-7-12(9-16(17)20)15(11-25(2,22)23)19-10-13-5-3-4-6-14(13)18(19)21/h3-9,15,18,20-21H,10-11H2,1-2H3. The van der Waals surface area contributed by atoms with Gasteiger partial charge >= 0.3 is 0 Å². The van der Waals surface area contributed by atoms with Gasteiger partial charge in [-0.1, -0.05) is 30.3 Å². The van der Waals surface area contributed by atoms with Crippen LogP contribution in [0.1, 0.15) is 29.0 Å². The first-order valence-electron chi connectivity index (χ1n) is 7.86. The van der Waals surface area contributed by atoms with Gasteiger partial charge in [0.05, 0.1) is 18.9 Å². The summed E-state index contributed by atoms with van der Waals surface area (Å²) in [5.41, 5.74) is 2.35. The van der Waals surface area contributed by atoms with E-state index in [0.717, 1.165) is 11.1 Å². The number of aliphatic hydroxyl groups excluding tert-OH is 1. The van der Waals surface area contributed by atoms with Crippen molar-refractivity contribution in [3.05, 3.63) is 59.2 Å². The lowest BCUT2D eigenvalue weighted by atomic mass is 10.1. The van der Waals surface area contributed by atoms with E-state index in [2.05, 4.69) is 0 Å². The molecule has 2 aromatic rings. The van der Waals surface area contributed by atoms with Crippen LogP contribution in [0.4, 0.5) is 0 Å². The number of fused-ring (bicyclic) bond motifs is 1. The highest BCUT2D eigenvalue weighted by Crippen LogP contribution is 2.40. The van der Waals surface area contributed by atoms with Gasteiger partial charge in [0.15, 0.2) is 11.5 Å². The number of sulfone groups is 1. The summed E-state index contributed by atoms with van der Waals surface area (Å²) in [4.78, 5) is 1.73. The van der Waals surface area contributed by atoms with Crippen LogP contribution in [0.5, 0.6) is 11.5 Å². The maximum Gasteiger partial charge on any atom is 0.160 e. The molecule has 0 saturated heterocycles. The van der Waals surface area contributed by atoms with Crippen molar-refractivity contribution in [1.82, 2.24) is 4.90 Å². The molecule has 2 aromatic carbocycles. The minimum atomic E-state index is -3.31. The Balaban J connectivity index is 2.01. The number of aliphatic hydroxyl groups is 1. The lowest BCUT2D eigenvalue weighted by Gasteiger charge is -2.30. The van der Waals surface area contributed by atoms with Gasteiger partial charge in [0.2, 0.25) is 0 Å². The van der Waals surface area contributed by atoms with E-state index in [1.807, 2.05) is 24.3 Å². The largest absolute Gasteiger partial charge is 0.504 e. The number of phenolic OH excluding ortho intramolecular Hbond substituents is 1. The van der Waals surface area contributed by atoms with E-state index < -0.39 is 22.1 Å².